The number of rotatable bonds is 17. The molecule has 2 amide bonds. The maximum absolute atomic E-state index is 15.4. The van der Waals surface area contributed by atoms with Crippen molar-refractivity contribution in [1.82, 2.24) is 34.4 Å². The zero-order chi connectivity index (χ0) is 47.6. The van der Waals surface area contributed by atoms with Crippen LogP contribution >= 0.6 is 58.2 Å². The molecule has 0 saturated carbocycles. The van der Waals surface area contributed by atoms with Gasteiger partial charge in [0.1, 0.15) is 42.1 Å². The fourth-order valence-electron chi connectivity index (χ4n) is 7.94. The van der Waals surface area contributed by atoms with E-state index >= 15 is 4.39 Å². The van der Waals surface area contributed by atoms with Gasteiger partial charge in [0, 0.05) is 76.8 Å². The minimum atomic E-state index is -1.01. The van der Waals surface area contributed by atoms with Crippen molar-refractivity contribution >= 4 is 109 Å². The Bertz CT molecular complexity index is 2920. The van der Waals surface area contributed by atoms with Gasteiger partial charge in [-0.05, 0) is 45.2 Å². The number of ether oxygens (including phenoxy) is 2. The molecule has 4 aliphatic heterocycles. The van der Waals surface area contributed by atoms with E-state index in [0.717, 1.165) is 35.9 Å². The highest BCUT2D eigenvalue weighted by molar-refractivity contribution is 8.07. The summed E-state index contributed by atoms with van der Waals surface area (Å²) < 4.78 is 35.3. The minimum absolute atomic E-state index is 0.000578. The Morgan fingerprint density at radius 2 is 1.82 bits per heavy atom. The van der Waals surface area contributed by atoms with E-state index in [0.29, 0.717) is 63.6 Å². The first-order chi connectivity index (χ1) is 32.9. The summed E-state index contributed by atoms with van der Waals surface area (Å²) >= 11 is 6.32. The van der Waals surface area contributed by atoms with Crippen molar-refractivity contribution in [1.29, 1.82) is 0 Å². The molecule has 4 aliphatic rings. The second kappa shape index (κ2) is 20.6. The zero-order valence-corrected chi connectivity index (χ0v) is 41.0. The molecule has 9 rings (SSSR count). The van der Waals surface area contributed by atoms with Crippen LogP contribution in [0.2, 0.25) is 0 Å². The Balaban J connectivity index is 0.841. The Hall–Kier alpha value is -5.60. The number of β-lactam (4-membered cyclic amide) rings is 1. The number of oxime groups is 1. The number of thioether (sulfide) groups is 3. The molecule has 19 nitrogen and oxygen atoms in total. The van der Waals surface area contributed by atoms with Gasteiger partial charge in [0.25, 0.3) is 11.8 Å². The van der Waals surface area contributed by atoms with E-state index in [1.54, 1.807) is 13.0 Å². The third kappa shape index (κ3) is 9.55. The summed E-state index contributed by atoms with van der Waals surface area (Å²) in [6.07, 6.45) is 5.16. The number of hydrogen-bond donors (Lipinski definition) is 3. The molecule has 1 aromatic carbocycles. The molecule has 0 radical (unpaired) electrons. The van der Waals surface area contributed by atoms with E-state index in [2.05, 4.69) is 25.1 Å². The van der Waals surface area contributed by atoms with Gasteiger partial charge in [0.15, 0.2) is 21.9 Å². The van der Waals surface area contributed by atoms with Crippen LogP contribution in [-0.2, 0) is 35.7 Å². The number of hydrogen-bond acceptors (Lipinski definition) is 20. The highest BCUT2D eigenvalue weighted by Crippen LogP contribution is 2.48. The van der Waals surface area contributed by atoms with Crippen LogP contribution in [0, 0.1) is 5.82 Å². The maximum atomic E-state index is 15.4. The third-order valence-electron chi connectivity index (χ3n) is 11.3. The molecule has 356 valence electrons. The standard InChI is InChI=1S/C43H44FN11O8S5/c1-4-63-50-31(35-49-42(45)68-51-35)36(57)48-32-37(58)55-33(29(21-64-39(32)55)67-43-47-26(20-65-43)23-8-12-52(3)13-9-23)41(60)62-17-7-5-6-16-61-40(59)30-34(56)24-18-25(44)28(53-14-10-46-11-15-53)19-27(24)54-22(2)66-38(30)54/h8-9,12-13,18-20,22,32,39,46H,4-7,10-11,14-17,21H2,1-3H3,(H2-,45,48,49,51,57)/p+1/b50-31+/t22?,32-,39-/m1/s1. The van der Waals surface area contributed by atoms with Crippen LogP contribution in [0.25, 0.3) is 22.2 Å². The summed E-state index contributed by atoms with van der Waals surface area (Å²) in [7, 11) is 1.93. The molecular weight excluding hydrogens is 978 g/mol. The van der Waals surface area contributed by atoms with E-state index in [-0.39, 0.29) is 58.5 Å². The molecule has 1 unspecified atom stereocenters. The first-order valence-electron chi connectivity index (χ1n) is 21.7. The molecule has 3 atom stereocenters. The second-order valence-electron chi connectivity index (χ2n) is 15.8. The first-order valence-corrected chi connectivity index (χ1v) is 26.1. The van der Waals surface area contributed by atoms with E-state index in [1.807, 2.05) is 57.9 Å². The van der Waals surface area contributed by atoms with Crippen molar-refractivity contribution in [3.05, 3.63) is 80.1 Å². The lowest BCUT2D eigenvalue weighted by Gasteiger charge is -2.49. The minimum Gasteiger partial charge on any atom is -0.462 e. The number of carbonyl (C=O) groups is 4. The predicted octanol–water partition coefficient (Wildman–Crippen LogP) is 4.27. The molecule has 2 fully saturated rings. The van der Waals surface area contributed by atoms with Gasteiger partial charge in [0.05, 0.1) is 40.5 Å². The van der Waals surface area contributed by atoms with Crippen molar-refractivity contribution < 1.29 is 42.4 Å². The SMILES string of the molecule is CCO/N=C(/C(=O)N[C@@H]1C(=O)N2C(C(=O)OCCCCCOC(=O)c3c4n(c5cc(N6CCNCC6)c(F)cc5c3=O)C(C)S4)=C(Sc3nc(-c4cc[n+](C)cc4)cs3)CS[C@H]12)c1nsc(N)n1. The average Bonchev–Trinajstić information content (AvgIpc) is 3.99. The molecule has 4 N–H and O–H groups in total. The molecule has 2 saturated heterocycles. The third-order valence-corrected chi connectivity index (χ3v) is 16.5. The van der Waals surface area contributed by atoms with E-state index < -0.39 is 46.4 Å². The van der Waals surface area contributed by atoms with Gasteiger partial charge in [0.2, 0.25) is 17.0 Å². The Morgan fingerprint density at radius 1 is 1.07 bits per heavy atom. The Labute approximate surface area is 409 Å². The van der Waals surface area contributed by atoms with Gasteiger partial charge >= 0.3 is 11.9 Å². The number of esters is 2. The molecule has 4 aromatic heterocycles. The summed E-state index contributed by atoms with van der Waals surface area (Å²) in [5.74, 6) is -3.02. The smallest absolute Gasteiger partial charge is 0.355 e. The molecule has 0 aliphatic carbocycles. The number of thiazole rings is 1. The van der Waals surface area contributed by atoms with Crippen molar-refractivity contribution in [2.45, 2.75) is 59.3 Å². The average molecular weight is 1020 g/mol. The topological polar surface area (TPSA) is 229 Å². The van der Waals surface area contributed by atoms with Gasteiger partial charge in [-0.3, -0.25) is 19.3 Å². The van der Waals surface area contributed by atoms with E-state index in [9.17, 15) is 24.0 Å². The summed E-state index contributed by atoms with van der Waals surface area (Å²) in [4.78, 5) is 86.4. The molecule has 25 heteroatoms. The number of fused-ring (bicyclic) bond motifs is 4. The summed E-state index contributed by atoms with van der Waals surface area (Å²) in [5, 5.41) is 11.8. The molecule has 0 spiro atoms. The first kappa shape index (κ1) is 47.5. The normalized spacial score (nSPS) is 19.0. The van der Waals surface area contributed by atoms with Crippen LogP contribution in [0.3, 0.4) is 0 Å². The van der Waals surface area contributed by atoms with Crippen molar-refractivity contribution in [2.75, 3.05) is 62.4 Å². The molecule has 5 aromatic rings. The lowest BCUT2D eigenvalue weighted by atomic mass is 10.0. The number of halogens is 1. The fourth-order valence-corrected chi connectivity index (χ4v) is 13.0. The summed E-state index contributed by atoms with van der Waals surface area (Å²) in [6, 6.07) is 5.83. The van der Waals surface area contributed by atoms with Crippen LogP contribution in [0.1, 0.15) is 54.7 Å². The number of benzene rings is 1. The van der Waals surface area contributed by atoms with E-state index in [1.165, 1.54) is 57.6 Å². The highest BCUT2D eigenvalue weighted by atomic mass is 32.2. The number of pyridine rings is 2. The van der Waals surface area contributed by atoms with Crippen molar-refractivity contribution in [2.24, 2.45) is 12.2 Å². The van der Waals surface area contributed by atoms with Gasteiger partial charge in [-0.25, -0.2) is 23.5 Å². The van der Waals surface area contributed by atoms with Crippen LogP contribution in [0.4, 0.5) is 15.2 Å². The quantitative estimate of drug-likeness (QED) is 0.0295. The zero-order valence-electron chi connectivity index (χ0n) is 36.9. The summed E-state index contributed by atoms with van der Waals surface area (Å²) in [5.41, 5.74) is 7.58. The van der Waals surface area contributed by atoms with Crippen molar-refractivity contribution in [3.63, 3.8) is 0 Å². The van der Waals surface area contributed by atoms with Crippen LogP contribution in [0.5, 0.6) is 0 Å². The molecule has 68 heavy (non-hydrogen) atoms. The van der Waals surface area contributed by atoms with Gasteiger partial charge in [-0.2, -0.15) is 9.36 Å². The summed E-state index contributed by atoms with van der Waals surface area (Å²) in [6.45, 7) is 6.54. The highest BCUT2D eigenvalue weighted by Gasteiger charge is 2.55. The number of nitrogens with zero attached hydrogens (tertiary/aromatic N) is 8. The Morgan fingerprint density at radius 3 is 2.53 bits per heavy atom. The lowest BCUT2D eigenvalue weighted by molar-refractivity contribution is -0.671. The van der Waals surface area contributed by atoms with Gasteiger partial charge in [-0.1, -0.05) is 28.7 Å². The fraction of sp³-hybridized carbons (Fsp3) is 0.395. The van der Waals surface area contributed by atoms with Gasteiger partial charge < -0.3 is 40.1 Å². The number of anilines is 2. The number of nitrogens with one attached hydrogen (secondary N) is 2. The number of unbranched alkanes of at least 4 members (excludes halogenated alkanes) is 2. The molecular formula is C43H45FN11O8S5+. The largest absolute Gasteiger partial charge is 0.462 e. The second-order valence-corrected chi connectivity index (χ2v) is 21.2. The number of aromatic nitrogens is 5. The van der Waals surface area contributed by atoms with Gasteiger partial charge in [-0.15, -0.1) is 23.1 Å². The number of piperazine rings is 1. The number of amides is 2. The predicted molar refractivity (Wildman–Crippen MR) is 258 cm³/mol. The van der Waals surface area contributed by atoms with Crippen LogP contribution in [-0.4, -0.2) is 116 Å². The molecule has 8 heterocycles. The monoisotopic (exact) mass is 1020 g/mol. The van der Waals surface area contributed by atoms with E-state index in [4.69, 9.17) is 25.0 Å². The maximum Gasteiger partial charge on any atom is 0.355 e. The Kier molecular flexibility index (Phi) is 14.3. The number of nitrogen functional groups attached to an aromatic ring is 1. The van der Waals surface area contributed by atoms with Crippen molar-refractivity contribution in [3.8, 4) is 11.3 Å². The number of carbonyl (C=O) groups excluding carboxylic acids is 4. The van der Waals surface area contributed by atoms with Crippen LogP contribution < -0.4 is 31.3 Å². The lowest BCUT2D eigenvalue weighted by Crippen LogP contribution is -2.71. The number of aryl methyl sites for hydroxylation is 1. The molecule has 0 bridgehead atoms. The van der Waals surface area contributed by atoms with Crippen LogP contribution in [0.15, 0.2) is 72.0 Å². The number of nitrogens with two attached hydrogens (primary N) is 1.